The number of allylic oxidation sites excluding steroid dienone is 12. The highest BCUT2D eigenvalue weighted by Crippen LogP contribution is 2.47. The van der Waals surface area contributed by atoms with Gasteiger partial charge in [0.25, 0.3) is 0 Å². The van der Waals surface area contributed by atoms with Crippen molar-refractivity contribution in [2.24, 2.45) is 0 Å². The van der Waals surface area contributed by atoms with Gasteiger partial charge in [0.15, 0.2) is 0 Å². The number of fused-ring (bicyclic) bond motifs is 3. The van der Waals surface area contributed by atoms with Crippen molar-refractivity contribution in [1.29, 1.82) is 0 Å². The highest BCUT2D eigenvalue weighted by molar-refractivity contribution is 6.06. The van der Waals surface area contributed by atoms with E-state index in [9.17, 15) is 0 Å². The summed E-state index contributed by atoms with van der Waals surface area (Å²) < 4.78 is 0. The van der Waals surface area contributed by atoms with Crippen LogP contribution in [0.4, 0.5) is 0 Å². The number of hydrogen-bond acceptors (Lipinski definition) is 0. The Bertz CT molecular complexity index is 746. The minimum Gasteiger partial charge on any atom is -0.0842 e. The fourth-order valence-corrected chi connectivity index (χ4v) is 3.24. The molecule has 20 heavy (non-hydrogen) atoms. The highest BCUT2D eigenvalue weighted by atomic mass is 14.3. The van der Waals surface area contributed by atoms with E-state index in [-0.39, 0.29) is 0 Å². The predicted molar refractivity (Wildman–Crippen MR) is 86.1 cm³/mol. The maximum absolute atomic E-state index is 2.28. The van der Waals surface area contributed by atoms with Crippen LogP contribution in [0.25, 0.3) is 11.1 Å². The zero-order valence-electron chi connectivity index (χ0n) is 11.3. The van der Waals surface area contributed by atoms with Crippen LogP contribution in [0, 0.1) is 0 Å². The third-order valence-corrected chi connectivity index (χ3v) is 4.13. The number of benzene rings is 1. The van der Waals surface area contributed by atoms with Crippen LogP contribution < -0.4 is 0 Å². The lowest BCUT2D eigenvalue weighted by atomic mass is 9.90. The molecule has 0 heterocycles. The molecule has 0 heteroatoms. The summed E-state index contributed by atoms with van der Waals surface area (Å²) in [7, 11) is 0. The maximum Gasteiger partial charge on any atom is -0.00667 e. The molecule has 0 nitrogen and oxygen atoms in total. The van der Waals surface area contributed by atoms with E-state index >= 15 is 0 Å². The van der Waals surface area contributed by atoms with Crippen LogP contribution in [0.5, 0.6) is 0 Å². The molecule has 0 aliphatic heterocycles. The first-order chi connectivity index (χ1) is 9.95. The molecule has 0 N–H and O–H groups in total. The van der Waals surface area contributed by atoms with Crippen LogP contribution in [0.1, 0.15) is 24.0 Å². The van der Waals surface area contributed by atoms with Gasteiger partial charge in [0.2, 0.25) is 0 Å². The molecule has 4 rings (SSSR count). The first-order valence-electron chi connectivity index (χ1n) is 7.21. The Labute approximate surface area is 119 Å². The lowest BCUT2D eigenvalue weighted by molar-refractivity contribution is 0.995. The molecule has 0 fully saturated rings. The van der Waals surface area contributed by atoms with E-state index < -0.39 is 0 Å². The van der Waals surface area contributed by atoms with Crippen LogP contribution in [0.3, 0.4) is 0 Å². The molecule has 1 aromatic carbocycles. The second kappa shape index (κ2) is 4.64. The molecule has 0 saturated carbocycles. The number of hydrogen-bond donors (Lipinski definition) is 0. The smallest absolute Gasteiger partial charge is 0.00667 e. The molecule has 0 radical (unpaired) electrons. The van der Waals surface area contributed by atoms with Crippen molar-refractivity contribution in [3.63, 3.8) is 0 Å². The first kappa shape index (κ1) is 11.5. The Morgan fingerprint density at radius 3 is 2.65 bits per heavy atom. The quantitative estimate of drug-likeness (QED) is 0.595. The Hall–Kier alpha value is -2.34. The van der Waals surface area contributed by atoms with Crippen LogP contribution in [-0.4, -0.2) is 0 Å². The van der Waals surface area contributed by atoms with Crippen molar-refractivity contribution in [1.82, 2.24) is 0 Å². The molecule has 1 aromatic rings. The van der Waals surface area contributed by atoms with Gasteiger partial charge in [0.1, 0.15) is 0 Å². The molecule has 3 aliphatic carbocycles. The van der Waals surface area contributed by atoms with Crippen LogP contribution in [-0.2, 0) is 0 Å². The summed E-state index contributed by atoms with van der Waals surface area (Å²) in [5.74, 6) is 0. The van der Waals surface area contributed by atoms with Gasteiger partial charge in [-0.3, -0.25) is 0 Å². The van der Waals surface area contributed by atoms with Gasteiger partial charge < -0.3 is 0 Å². The van der Waals surface area contributed by atoms with Crippen LogP contribution in [0.2, 0.25) is 0 Å². The number of rotatable bonds is 0. The molecule has 0 aromatic heterocycles. The average molecular weight is 256 g/mol. The van der Waals surface area contributed by atoms with E-state index in [0.29, 0.717) is 0 Å². The molecular weight excluding hydrogens is 240 g/mol. The lowest BCUT2D eigenvalue weighted by Crippen LogP contribution is -1.94. The van der Waals surface area contributed by atoms with Crippen LogP contribution in [0.15, 0.2) is 84.0 Å². The standard InChI is InChI=1S/C20H16/c1-3-9-15-10-4-2-6-14-19-17-12-8-7-11-16(17)18(13-5-1)20(15)19/h1-3,5-9,11-14H,4,10H2/b3-1?,5-1?,6-2-,9-3?,13-5?,15-9-,18-13?,19-14-,20-15?. The van der Waals surface area contributed by atoms with Gasteiger partial charge in [0.05, 0.1) is 0 Å². The van der Waals surface area contributed by atoms with Gasteiger partial charge in [0, 0.05) is 0 Å². The lowest BCUT2D eigenvalue weighted by Gasteiger charge is -2.14. The Balaban J connectivity index is 2.06. The van der Waals surface area contributed by atoms with Crippen molar-refractivity contribution < 1.29 is 0 Å². The molecule has 0 saturated heterocycles. The molecule has 0 amide bonds. The summed E-state index contributed by atoms with van der Waals surface area (Å²) in [4.78, 5) is 0. The highest BCUT2D eigenvalue weighted by Gasteiger charge is 2.26. The summed E-state index contributed by atoms with van der Waals surface area (Å²) in [6, 6.07) is 8.74. The van der Waals surface area contributed by atoms with E-state index in [1.54, 1.807) is 0 Å². The predicted octanol–water partition coefficient (Wildman–Crippen LogP) is 5.24. The fourth-order valence-electron chi connectivity index (χ4n) is 3.24. The maximum atomic E-state index is 2.28. The molecule has 0 spiro atoms. The molecular formula is C20H16. The topological polar surface area (TPSA) is 0 Å². The zero-order chi connectivity index (χ0) is 13.4. The van der Waals surface area contributed by atoms with Crippen LogP contribution >= 0.6 is 0 Å². The summed E-state index contributed by atoms with van der Waals surface area (Å²) in [6.45, 7) is 0. The summed E-state index contributed by atoms with van der Waals surface area (Å²) in [6.07, 6.45) is 19.9. The normalized spacial score (nSPS) is 26.2. The summed E-state index contributed by atoms with van der Waals surface area (Å²) in [5.41, 5.74) is 8.35. The molecule has 0 atom stereocenters. The van der Waals surface area contributed by atoms with E-state index in [4.69, 9.17) is 0 Å². The zero-order valence-corrected chi connectivity index (χ0v) is 11.3. The van der Waals surface area contributed by atoms with Gasteiger partial charge in [-0.05, 0) is 46.3 Å². The van der Waals surface area contributed by atoms with Gasteiger partial charge in [-0.15, -0.1) is 0 Å². The third kappa shape index (κ3) is 1.69. The van der Waals surface area contributed by atoms with Crippen molar-refractivity contribution in [2.45, 2.75) is 12.8 Å². The van der Waals surface area contributed by atoms with E-state index in [0.717, 1.165) is 12.8 Å². The molecule has 0 unspecified atom stereocenters. The van der Waals surface area contributed by atoms with Gasteiger partial charge >= 0.3 is 0 Å². The second-order valence-electron chi connectivity index (χ2n) is 5.32. The molecule has 96 valence electrons. The van der Waals surface area contributed by atoms with E-state index in [1.165, 1.54) is 33.4 Å². The second-order valence-corrected chi connectivity index (χ2v) is 5.32. The first-order valence-corrected chi connectivity index (χ1v) is 7.21. The van der Waals surface area contributed by atoms with Crippen molar-refractivity contribution >= 4 is 11.1 Å². The van der Waals surface area contributed by atoms with E-state index in [1.807, 2.05) is 0 Å². The third-order valence-electron chi connectivity index (χ3n) is 4.13. The average Bonchev–Trinajstić information content (AvgIpc) is 2.72. The Morgan fingerprint density at radius 2 is 1.70 bits per heavy atom. The van der Waals surface area contributed by atoms with Gasteiger partial charge in [-0.2, -0.15) is 0 Å². The van der Waals surface area contributed by atoms with Gasteiger partial charge in [-0.1, -0.05) is 72.9 Å². The van der Waals surface area contributed by atoms with Crippen molar-refractivity contribution in [2.75, 3.05) is 0 Å². The molecule has 0 bridgehead atoms. The van der Waals surface area contributed by atoms with Gasteiger partial charge in [-0.25, -0.2) is 0 Å². The fraction of sp³-hybridized carbons (Fsp3) is 0.100. The Kier molecular flexibility index (Phi) is 2.67. The summed E-state index contributed by atoms with van der Waals surface area (Å²) in [5, 5.41) is 0. The Morgan fingerprint density at radius 1 is 0.800 bits per heavy atom. The monoisotopic (exact) mass is 256 g/mol. The minimum atomic E-state index is 1.11. The summed E-state index contributed by atoms with van der Waals surface area (Å²) >= 11 is 0. The SMILES string of the molecule is C1=C/C=C2/CC/C=C\C=C3/C2=C(C=C1)c1ccccc13. The van der Waals surface area contributed by atoms with Crippen molar-refractivity contribution in [3.8, 4) is 0 Å². The van der Waals surface area contributed by atoms with Crippen molar-refractivity contribution in [3.05, 3.63) is 95.1 Å². The van der Waals surface area contributed by atoms with E-state index in [2.05, 4.69) is 72.9 Å². The largest absolute Gasteiger partial charge is 0.0842 e. The molecule has 3 aliphatic rings. The minimum absolute atomic E-state index is 1.11.